The monoisotopic (exact) mass is 313 g/mol. The van der Waals surface area contributed by atoms with Crippen molar-refractivity contribution in [1.82, 2.24) is 4.90 Å². The van der Waals surface area contributed by atoms with Crippen LogP contribution in [0, 0.1) is 0 Å². The SMILES string of the molecule is COC(=O)[C@@H]1C[C@@]2(CCC(=O)O2)C(=O)N1C(=O)OC(C)(C)C. The van der Waals surface area contributed by atoms with Crippen molar-refractivity contribution in [3.05, 3.63) is 0 Å². The summed E-state index contributed by atoms with van der Waals surface area (Å²) >= 11 is 0. The van der Waals surface area contributed by atoms with Crippen LogP contribution in [0.4, 0.5) is 4.79 Å². The molecule has 0 radical (unpaired) electrons. The van der Waals surface area contributed by atoms with Gasteiger partial charge in [0.05, 0.1) is 7.11 Å². The number of hydrogen-bond donors (Lipinski definition) is 0. The zero-order valence-corrected chi connectivity index (χ0v) is 13.0. The summed E-state index contributed by atoms with van der Waals surface area (Å²) in [5, 5.41) is 0. The lowest BCUT2D eigenvalue weighted by atomic mass is 9.96. The van der Waals surface area contributed by atoms with Crippen LogP contribution in [0.25, 0.3) is 0 Å². The normalized spacial score (nSPS) is 28.0. The number of methoxy groups -OCH3 is 1. The van der Waals surface area contributed by atoms with E-state index in [1.807, 2.05) is 0 Å². The van der Waals surface area contributed by atoms with Crippen LogP contribution in [-0.2, 0) is 28.6 Å². The number of imide groups is 1. The van der Waals surface area contributed by atoms with E-state index in [0.29, 0.717) is 4.90 Å². The number of amides is 2. The Hall–Kier alpha value is -2.12. The second-order valence-electron chi connectivity index (χ2n) is 6.37. The Kier molecular flexibility index (Phi) is 3.88. The lowest BCUT2D eigenvalue weighted by molar-refractivity contribution is -0.158. The molecule has 2 rings (SSSR count). The van der Waals surface area contributed by atoms with Crippen molar-refractivity contribution in [2.75, 3.05) is 7.11 Å². The van der Waals surface area contributed by atoms with Gasteiger partial charge in [-0.1, -0.05) is 0 Å². The first-order valence-corrected chi connectivity index (χ1v) is 6.96. The molecule has 0 aromatic heterocycles. The predicted molar refractivity (Wildman–Crippen MR) is 71.6 cm³/mol. The minimum absolute atomic E-state index is 0.0712. The van der Waals surface area contributed by atoms with Gasteiger partial charge >= 0.3 is 18.0 Å². The summed E-state index contributed by atoms with van der Waals surface area (Å²) in [5.74, 6) is -2.01. The molecule has 0 unspecified atom stereocenters. The first-order valence-electron chi connectivity index (χ1n) is 6.96. The van der Waals surface area contributed by atoms with Crippen LogP contribution in [-0.4, -0.2) is 53.2 Å². The van der Waals surface area contributed by atoms with Crippen LogP contribution in [0.3, 0.4) is 0 Å². The summed E-state index contributed by atoms with van der Waals surface area (Å²) in [5.41, 5.74) is -2.30. The highest BCUT2D eigenvalue weighted by Crippen LogP contribution is 2.40. The quantitative estimate of drug-likeness (QED) is 0.520. The number of carbonyl (C=O) groups is 4. The van der Waals surface area contributed by atoms with E-state index in [0.717, 1.165) is 7.11 Å². The first kappa shape index (κ1) is 16.3. The Morgan fingerprint density at radius 3 is 2.41 bits per heavy atom. The van der Waals surface area contributed by atoms with Gasteiger partial charge in [-0.25, -0.2) is 14.5 Å². The molecule has 0 aliphatic carbocycles. The average Bonchev–Trinajstić information content (AvgIpc) is 2.89. The van der Waals surface area contributed by atoms with Gasteiger partial charge < -0.3 is 14.2 Å². The summed E-state index contributed by atoms with van der Waals surface area (Å²) in [6.45, 7) is 4.93. The molecule has 22 heavy (non-hydrogen) atoms. The highest BCUT2D eigenvalue weighted by Gasteiger charge is 2.62. The van der Waals surface area contributed by atoms with E-state index < -0.39 is 41.2 Å². The molecule has 0 aromatic carbocycles. The van der Waals surface area contributed by atoms with Gasteiger partial charge in [-0.05, 0) is 20.8 Å². The predicted octanol–water partition coefficient (Wildman–Crippen LogP) is 0.771. The second kappa shape index (κ2) is 5.26. The molecule has 2 heterocycles. The topological polar surface area (TPSA) is 99.2 Å². The van der Waals surface area contributed by atoms with E-state index in [-0.39, 0.29) is 19.3 Å². The van der Waals surface area contributed by atoms with Crippen LogP contribution in [0.2, 0.25) is 0 Å². The number of likely N-dealkylation sites (tertiary alicyclic amines) is 1. The van der Waals surface area contributed by atoms with E-state index in [9.17, 15) is 19.2 Å². The summed E-state index contributed by atoms with van der Waals surface area (Å²) in [6.07, 6.45) is -0.851. The number of carbonyl (C=O) groups excluding carboxylic acids is 4. The summed E-state index contributed by atoms with van der Waals surface area (Å²) < 4.78 is 14.9. The van der Waals surface area contributed by atoms with Crippen LogP contribution in [0.1, 0.15) is 40.0 Å². The van der Waals surface area contributed by atoms with Crippen molar-refractivity contribution in [3.63, 3.8) is 0 Å². The average molecular weight is 313 g/mol. The van der Waals surface area contributed by atoms with Crippen molar-refractivity contribution in [2.24, 2.45) is 0 Å². The van der Waals surface area contributed by atoms with E-state index in [2.05, 4.69) is 4.74 Å². The van der Waals surface area contributed by atoms with Gasteiger partial charge in [0.2, 0.25) is 0 Å². The minimum Gasteiger partial charge on any atom is -0.467 e. The van der Waals surface area contributed by atoms with Crippen molar-refractivity contribution in [1.29, 1.82) is 0 Å². The van der Waals surface area contributed by atoms with Gasteiger partial charge in [0.25, 0.3) is 5.91 Å². The Morgan fingerprint density at radius 2 is 1.95 bits per heavy atom. The molecule has 0 bridgehead atoms. The molecule has 8 heteroatoms. The van der Waals surface area contributed by atoms with Gasteiger partial charge in [0, 0.05) is 19.3 Å². The number of ether oxygens (including phenoxy) is 3. The largest absolute Gasteiger partial charge is 0.467 e. The molecule has 2 fully saturated rings. The van der Waals surface area contributed by atoms with Crippen molar-refractivity contribution < 1.29 is 33.4 Å². The van der Waals surface area contributed by atoms with E-state index >= 15 is 0 Å². The molecular formula is C14H19NO7. The Morgan fingerprint density at radius 1 is 1.32 bits per heavy atom. The van der Waals surface area contributed by atoms with E-state index in [1.54, 1.807) is 20.8 Å². The molecule has 0 N–H and O–H groups in total. The van der Waals surface area contributed by atoms with Crippen LogP contribution < -0.4 is 0 Å². The Bertz CT molecular complexity index is 536. The van der Waals surface area contributed by atoms with Crippen molar-refractivity contribution in [2.45, 2.75) is 57.3 Å². The molecule has 2 aliphatic rings. The van der Waals surface area contributed by atoms with E-state index in [1.165, 1.54) is 0 Å². The third-order valence-electron chi connectivity index (χ3n) is 3.55. The fraction of sp³-hybridized carbons (Fsp3) is 0.714. The highest BCUT2D eigenvalue weighted by molar-refractivity contribution is 6.05. The standard InChI is InChI=1S/C14H19NO7/c1-13(2,3)22-12(19)15-8(10(17)20-4)7-14(11(15)18)6-5-9(16)21-14/h8H,5-7H2,1-4H3/t8-,14-/m0/s1. The number of rotatable bonds is 1. The fourth-order valence-corrected chi connectivity index (χ4v) is 2.62. The van der Waals surface area contributed by atoms with Gasteiger partial charge in [-0.15, -0.1) is 0 Å². The third kappa shape index (κ3) is 2.77. The third-order valence-corrected chi connectivity index (χ3v) is 3.55. The number of hydrogen-bond acceptors (Lipinski definition) is 7. The second-order valence-corrected chi connectivity index (χ2v) is 6.37. The number of esters is 2. The molecule has 0 aromatic rings. The molecule has 0 saturated carbocycles. The fourth-order valence-electron chi connectivity index (χ4n) is 2.62. The van der Waals surface area contributed by atoms with Crippen LogP contribution in [0.15, 0.2) is 0 Å². The zero-order chi connectivity index (χ0) is 16.7. The molecule has 1 spiro atoms. The lowest BCUT2D eigenvalue weighted by Gasteiger charge is -2.26. The molecule has 2 atom stereocenters. The summed E-state index contributed by atoms with van der Waals surface area (Å²) in [6, 6.07) is -1.15. The molecular weight excluding hydrogens is 294 g/mol. The van der Waals surface area contributed by atoms with Gasteiger partial charge in [-0.3, -0.25) is 9.59 Å². The number of nitrogens with zero attached hydrogens (tertiary/aromatic N) is 1. The summed E-state index contributed by atoms with van der Waals surface area (Å²) in [7, 11) is 1.16. The smallest absolute Gasteiger partial charge is 0.417 e. The van der Waals surface area contributed by atoms with Gasteiger partial charge in [0.15, 0.2) is 5.60 Å². The van der Waals surface area contributed by atoms with Crippen LogP contribution >= 0.6 is 0 Å². The van der Waals surface area contributed by atoms with E-state index in [4.69, 9.17) is 9.47 Å². The van der Waals surface area contributed by atoms with Crippen LogP contribution in [0.5, 0.6) is 0 Å². The molecule has 2 saturated heterocycles. The minimum atomic E-state index is -1.47. The first-order chi connectivity index (χ1) is 10.1. The highest BCUT2D eigenvalue weighted by atomic mass is 16.6. The maximum Gasteiger partial charge on any atom is 0.417 e. The van der Waals surface area contributed by atoms with Gasteiger partial charge in [0.1, 0.15) is 11.6 Å². The van der Waals surface area contributed by atoms with Crippen molar-refractivity contribution in [3.8, 4) is 0 Å². The molecule has 122 valence electrons. The Balaban J connectivity index is 2.32. The van der Waals surface area contributed by atoms with Crippen molar-refractivity contribution >= 4 is 23.9 Å². The molecule has 2 amide bonds. The lowest BCUT2D eigenvalue weighted by Crippen LogP contribution is -2.48. The maximum absolute atomic E-state index is 12.6. The van der Waals surface area contributed by atoms with Gasteiger partial charge in [-0.2, -0.15) is 0 Å². The Labute approximate surface area is 127 Å². The summed E-state index contributed by atoms with van der Waals surface area (Å²) in [4.78, 5) is 48.8. The molecule has 8 nitrogen and oxygen atoms in total. The maximum atomic E-state index is 12.6. The molecule has 2 aliphatic heterocycles. The zero-order valence-electron chi connectivity index (χ0n) is 13.0.